The first kappa shape index (κ1) is 13.5. The molecule has 0 aromatic heterocycles. The lowest BCUT2D eigenvalue weighted by Crippen LogP contribution is -2.41. The third kappa shape index (κ3) is 4.49. The van der Waals surface area contributed by atoms with Gasteiger partial charge in [0, 0.05) is 0 Å². The molecule has 0 radical (unpaired) electrons. The summed E-state index contributed by atoms with van der Waals surface area (Å²) in [5.74, 6) is 0.559. The number of piperidine rings is 1. The first-order valence-electron chi connectivity index (χ1n) is 6.22. The Kier molecular flexibility index (Phi) is 5.77. The summed E-state index contributed by atoms with van der Waals surface area (Å²) in [7, 11) is 2.16. The van der Waals surface area contributed by atoms with Gasteiger partial charge in [0.1, 0.15) is 6.04 Å². The maximum Gasteiger partial charge on any atom is 0.322 e. The van der Waals surface area contributed by atoms with Crippen molar-refractivity contribution in [3.8, 4) is 0 Å². The van der Waals surface area contributed by atoms with Gasteiger partial charge in [0.25, 0.3) is 0 Å². The van der Waals surface area contributed by atoms with Gasteiger partial charge in [-0.3, -0.25) is 4.79 Å². The number of esters is 1. The number of carbonyl (C=O) groups excluding carboxylic acids is 1. The molecule has 0 amide bonds. The molecule has 1 N–H and O–H groups in total. The van der Waals surface area contributed by atoms with Crippen LogP contribution in [0, 0.1) is 5.92 Å². The van der Waals surface area contributed by atoms with Crippen molar-refractivity contribution in [3.63, 3.8) is 0 Å². The Morgan fingerprint density at radius 3 is 2.69 bits per heavy atom. The van der Waals surface area contributed by atoms with Crippen LogP contribution in [0.1, 0.15) is 26.7 Å². The minimum Gasteiger partial charge on any atom is -0.465 e. The molecule has 0 aromatic carbocycles. The molecule has 0 spiro atoms. The van der Waals surface area contributed by atoms with Crippen LogP contribution < -0.4 is 5.32 Å². The third-order valence-corrected chi connectivity index (χ3v) is 3.19. The molecule has 1 fully saturated rings. The fourth-order valence-corrected chi connectivity index (χ4v) is 1.96. The summed E-state index contributed by atoms with van der Waals surface area (Å²) >= 11 is 0. The number of nitrogens with zero attached hydrogens (tertiary/aromatic N) is 1. The maximum absolute atomic E-state index is 11.4. The summed E-state index contributed by atoms with van der Waals surface area (Å²) in [4.78, 5) is 13.7. The molecule has 94 valence electrons. The van der Waals surface area contributed by atoms with Gasteiger partial charge in [-0.05, 0) is 59.3 Å². The summed E-state index contributed by atoms with van der Waals surface area (Å²) in [5.41, 5.74) is 0. The number of hydrogen-bond acceptors (Lipinski definition) is 4. The van der Waals surface area contributed by atoms with Crippen LogP contribution in [0.25, 0.3) is 0 Å². The van der Waals surface area contributed by atoms with E-state index in [1.807, 2.05) is 13.8 Å². The van der Waals surface area contributed by atoms with E-state index in [2.05, 4.69) is 17.3 Å². The van der Waals surface area contributed by atoms with E-state index in [4.69, 9.17) is 4.74 Å². The SMILES string of the molecule is CCOC(=O)C(C)NCC1CCN(C)CC1. The van der Waals surface area contributed by atoms with Crippen molar-refractivity contribution >= 4 is 5.97 Å². The van der Waals surface area contributed by atoms with E-state index in [1.54, 1.807) is 0 Å². The van der Waals surface area contributed by atoms with Crippen molar-refractivity contribution in [2.45, 2.75) is 32.7 Å². The predicted octanol–water partition coefficient (Wildman–Crippen LogP) is 0.869. The molecule has 1 atom stereocenters. The molecule has 1 heterocycles. The number of likely N-dealkylation sites (tertiary alicyclic amines) is 1. The number of nitrogens with one attached hydrogen (secondary N) is 1. The zero-order valence-corrected chi connectivity index (χ0v) is 10.7. The van der Waals surface area contributed by atoms with Crippen LogP contribution >= 0.6 is 0 Å². The van der Waals surface area contributed by atoms with E-state index in [0.29, 0.717) is 12.5 Å². The Labute approximate surface area is 98.3 Å². The van der Waals surface area contributed by atoms with Crippen LogP contribution in [0.4, 0.5) is 0 Å². The van der Waals surface area contributed by atoms with E-state index in [0.717, 1.165) is 6.54 Å². The molecule has 0 aromatic rings. The smallest absolute Gasteiger partial charge is 0.322 e. The number of ether oxygens (including phenoxy) is 1. The van der Waals surface area contributed by atoms with Crippen molar-refractivity contribution in [2.24, 2.45) is 5.92 Å². The van der Waals surface area contributed by atoms with Crippen LogP contribution in [0.5, 0.6) is 0 Å². The van der Waals surface area contributed by atoms with Crippen molar-refractivity contribution in [3.05, 3.63) is 0 Å². The predicted molar refractivity (Wildman–Crippen MR) is 64.3 cm³/mol. The first-order chi connectivity index (χ1) is 7.63. The van der Waals surface area contributed by atoms with Crippen LogP contribution in [-0.2, 0) is 9.53 Å². The molecular formula is C12H24N2O2. The lowest BCUT2D eigenvalue weighted by atomic mass is 9.97. The highest BCUT2D eigenvalue weighted by atomic mass is 16.5. The Balaban J connectivity index is 2.16. The largest absolute Gasteiger partial charge is 0.465 e. The highest BCUT2D eigenvalue weighted by molar-refractivity contribution is 5.75. The van der Waals surface area contributed by atoms with Crippen LogP contribution in [0.3, 0.4) is 0 Å². The monoisotopic (exact) mass is 228 g/mol. The van der Waals surface area contributed by atoms with Crippen LogP contribution in [0.15, 0.2) is 0 Å². The highest BCUT2D eigenvalue weighted by Crippen LogP contribution is 2.14. The van der Waals surface area contributed by atoms with Crippen molar-refractivity contribution in [1.29, 1.82) is 0 Å². The molecule has 1 aliphatic heterocycles. The second kappa shape index (κ2) is 6.86. The van der Waals surface area contributed by atoms with Gasteiger partial charge in [0.15, 0.2) is 0 Å². The Morgan fingerprint density at radius 2 is 2.12 bits per heavy atom. The number of hydrogen-bond donors (Lipinski definition) is 1. The highest BCUT2D eigenvalue weighted by Gasteiger charge is 2.19. The van der Waals surface area contributed by atoms with Gasteiger partial charge in [-0.1, -0.05) is 0 Å². The first-order valence-corrected chi connectivity index (χ1v) is 6.22. The fraction of sp³-hybridized carbons (Fsp3) is 0.917. The van der Waals surface area contributed by atoms with Gasteiger partial charge in [-0.15, -0.1) is 0 Å². The van der Waals surface area contributed by atoms with E-state index in [9.17, 15) is 4.79 Å². The molecule has 0 aliphatic carbocycles. The Bertz CT molecular complexity index is 213. The van der Waals surface area contributed by atoms with E-state index >= 15 is 0 Å². The molecule has 0 saturated carbocycles. The van der Waals surface area contributed by atoms with Crippen molar-refractivity contribution < 1.29 is 9.53 Å². The lowest BCUT2D eigenvalue weighted by molar-refractivity contribution is -0.145. The molecule has 16 heavy (non-hydrogen) atoms. The number of carbonyl (C=O) groups is 1. The molecule has 1 saturated heterocycles. The average molecular weight is 228 g/mol. The van der Waals surface area contributed by atoms with Crippen molar-refractivity contribution in [1.82, 2.24) is 10.2 Å². The third-order valence-electron chi connectivity index (χ3n) is 3.19. The fourth-order valence-electron chi connectivity index (χ4n) is 1.96. The van der Waals surface area contributed by atoms with Gasteiger partial charge >= 0.3 is 5.97 Å². The normalized spacial score (nSPS) is 20.7. The van der Waals surface area contributed by atoms with Gasteiger partial charge in [-0.2, -0.15) is 0 Å². The van der Waals surface area contributed by atoms with E-state index in [-0.39, 0.29) is 12.0 Å². The molecule has 1 unspecified atom stereocenters. The second-order valence-electron chi connectivity index (χ2n) is 4.63. The van der Waals surface area contributed by atoms with E-state index < -0.39 is 0 Å². The van der Waals surface area contributed by atoms with Crippen LogP contribution in [0.2, 0.25) is 0 Å². The topological polar surface area (TPSA) is 41.6 Å². The Morgan fingerprint density at radius 1 is 1.50 bits per heavy atom. The molecule has 4 nitrogen and oxygen atoms in total. The zero-order chi connectivity index (χ0) is 12.0. The summed E-state index contributed by atoms with van der Waals surface area (Å²) in [6.07, 6.45) is 2.44. The summed E-state index contributed by atoms with van der Waals surface area (Å²) in [6, 6.07) is -0.181. The summed E-state index contributed by atoms with van der Waals surface area (Å²) in [6.45, 7) is 7.42. The van der Waals surface area contributed by atoms with E-state index in [1.165, 1.54) is 25.9 Å². The number of rotatable bonds is 5. The molecule has 1 aliphatic rings. The molecule has 0 bridgehead atoms. The zero-order valence-electron chi connectivity index (χ0n) is 10.7. The lowest BCUT2D eigenvalue weighted by Gasteiger charge is -2.29. The minimum absolute atomic E-state index is 0.143. The second-order valence-corrected chi connectivity index (χ2v) is 4.63. The van der Waals surface area contributed by atoms with Gasteiger partial charge in [0.2, 0.25) is 0 Å². The summed E-state index contributed by atoms with van der Waals surface area (Å²) < 4.78 is 4.95. The average Bonchev–Trinajstić information content (AvgIpc) is 2.28. The Hall–Kier alpha value is -0.610. The molecule has 4 heteroatoms. The molecule has 1 rings (SSSR count). The minimum atomic E-state index is -0.181. The molecular weight excluding hydrogens is 204 g/mol. The standard InChI is InChI=1S/C12H24N2O2/c1-4-16-12(15)10(2)13-9-11-5-7-14(3)8-6-11/h10-11,13H,4-9H2,1-3H3. The van der Waals surface area contributed by atoms with Crippen molar-refractivity contribution in [2.75, 3.05) is 33.3 Å². The van der Waals surface area contributed by atoms with Crippen LogP contribution in [-0.4, -0.2) is 50.2 Å². The quantitative estimate of drug-likeness (QED) is 0.709. The van der Waals surface area contributed by atoms with Gasteiger partial charge < -0.3 is 15.0 Å². The summed E-state index contributed by atoms with van der Waals surface area (Å²) in [5, 5.41) is 3.26. The van der Waals surface area contributed by atoms with Gasteiger partial charge in [0.05, 0.1) is 6.61 Å². The van der Waals surface area contributed by atoms with Gasteiger partial charge in [-0.25, -0.2) is 0 Å². The maximum atomic E-state index is 11.4.